The second kappa shape index (κ2) is 9.11. The Labute approximate surface area is 177 Å². The van der Waals surface area contributed by atoms with Crippen molar-refractivity contribution in [3.63, 3.8) is 0 Å². The highest BCUT2D eigenvalue weighted by Crippen LogP contribution is 2.21. The van der Waals surface area contributed by atoms with E-state index in [0.29, 0.717) is 16.7 Å². The summed E-state index contributed by atoms with van der Waals surface area (Å²) in [7, 11) is 0. The number of fused-ring (bicyclic) bond motifs is 1. The van der Waals surface area contributed by atoms with E-state index in [1.54, 1.807) is 6.33 Å². The van der Waals surface area contributed by atoms with Gasteiger partial charge in [-0.25, -0.2) is 4.98 Å². The molecule has 0 aliphatic rings. The predicted octanol–water partition coefficient (Wildman–Crippen LogP) is 3.57. The van der Waals surface area contributed by atoms with Crippen LogP contribution < -0.4 is 5.32 Å². The minimum absolute atomic E-state index is 0.0360. The number of para-hydroxylation sites is 2. The number of halogens is 1. The number of aromatic nitrogens is 5. The lowest BCUT2D eigenvalue weighted by atomic mass is 10.3. The lowest BCUT2D eigenvalue weighted by molar-refractivity contribution is -0.118. The molecule has 0 bridgehead atoms. The van der Waals surface area contributed by atoms with Crippen LogP contribution in [0.15, 0.2) is 66.3 Å². The fraction of sp³-hybridized carbons (Fsp3) is 0.200. The molecule has 4 aromatic rings. The summed E-state index contributed by atoms with van der Waals surface area (Å²) in [5.41, 5.74) is 2.95. The second-order valence-corrected chi connectivity index (χ2v) is 7.76. The molecule has 148 valence electrons. The number of amides is 1. The van der Waals surface area contributed by atoms with Crippen LogP contribution >= 0.6 is 23.4 Å². The maximum absolute atomic E-state index is 12.2. The number of nitrogens with one attached hydrogen (secondary N) is 1. The van der Waals surface area contributed by atoms with Gasteiger partial charge in [-0.15, -0.1) is 10.2 Å². The second-order valence-electron chi connectivity index (χ2n) is 6.38. The molecule has 0 saturated carbocycles. The van der Waals surface area contributed by atoms with E-state index >= 15 is 0 Å². The minimum Gasteiger partial charge on any atom is -0.355 e. The zero-order valence-corrected chi connectivity index (χ0v) is 17.1. The van der Waals surface area contributed by atoms with Crippen LogP contribution in [0.3, 0.4) is 0 Å². The number of carbonyl (C=O) groups is 1. The summed E-state index contributed by atoms with van der Waals surface area (Å²) < 4.78 is 3.91. The number of hydrogen-bond acceptors (Lipinski definition) is 5. The maximum atomic E-state index is 12.2. The van der Waals surface area contributed by atoms with Crippen LogP contribution in [0.4, 0.5) is 0 Å². The number of benzene rings is 2. The van der Waals surface area contributed by atoms with Gasteiger partial charge in [0.1, 0.15) is 6.33 Å². The largest absolute Gasteiger partial charge is 0.355 e. The van der Waals surface area contributed by atoms with Crippen molar-refractivity contribution in [1.29, 1.82) is 0 Å². The third-order valence-electron chi connectivity index (χ3n) is 4.36. The highest BCUT2D eigenvalue weighted by molar-refractivity contribution is 7.99. The van der Waals surface area contributed by atoms with Crippen molar-refractivity contribution in [2.75, 3.05) is 12.3 Å². The molecule has 2 aromatic carbocycles. The summed E-state index contributed by atoms with van der Waals surface area (Å²) in [6.45, 7) is 1.41. The topological polar surface area (TPSA) is 77.6 Å². The van der Waals surface area contributed by atoms with E-state index in [-0.39, 0.29) is 11.7 Å². The molecule has 1 N–H and O–H groups in total. The Morgan fingerprint density at radius 2 is 2.03 bits per heavy atom. The van der Waals surface area contributed by atoms with Crippen molar-refractivity contribution in [2.45, 2.75) is 18.1 Å². The average Bonchev–Trinajstić information content (AvgIpc) is 3.37. The fourth-order valence-corrected chi connectivity index (χ4v) is 3.92. The fourth-order valence-electron chi connectivity index (χ4n) is 2.97. The molecular formula is C20H19ClN6OS. The van der Waals surface area contributed by atoms with Gasteiger partial charge in [-0.2, -0.15) is 0 Å². The normalized spacial score (nSPS) is 11.1. The van der Waals surface area contributed by atoms with Gasteiger partial charge >= 0.3 is 0 Å². The van der Waals surface area contributed by atoms with Gasteiger partial charge in [-0.05, 0) is 36.8 Å². The van der Waals surface area contributed by atoms with Gasteiger partial charge in [0.2, 0.25) is 5.91 Å². The number of carbonyl (C=O) groups excluding carboxylic acids is 1. The lowest BCUT2D eigenvalue weighted by Crippen LogP contribution is -2.27. The van der Waals surface area contributed by atoms with E-state index < -0.39 is 0 Å². The van der Waals surface area contributed by atoms with Gasteiger partial charge in [0.15, 0.2) is 5.16 Å². The predicted molar refractivity (Wildman–Crippen MR) is 114 cm³/mol. The molecule has 0 aliphatic carbocycles. The Bertz CT molecular complexity index is 1120. The van der Waals surface area contributed by atoms with E-state index in [9.17, 15) is 4.79 Å². The van der Waals surface area contributed by atoms with Gasteiger partial charge in [0.25, 0.3) is 0 Å². The zero-order chi connectivity index (χ0) is 20.1. The summed E-state index contributed by atoms with van der Waals surface area (Å²) in [4.78, 5) is 16.6. The molecule has 4 rings (SSSR count). The molecule has 0 unspecified atom stereocenters. The Balaban J connectivity index is 1.24. The minimum atomic E-state index is -0.0360. The SMILES string of the molecule is O=C(CSc1nncn1-c1cccc(Cl)c1)NCCCn1cnc2ccccc21. The van der Waals surface area contributed by atoms with Crippen LogP contribution in [0.2, 0.25) is 5.02 Å². The number of thioether (sulfide) groups is 1. The van der Waals surface area contributed by atoms with Crippen LogP contribution in [0.5, 0.6) is 0 Å². The first kappa shape index (κ1) is 19.5. The summed E-state index contributed by atoms with van der Waals surface area (Å²) in [5, 5.41) is 12.3. The smallest absolute Gasteiger partial charge is 0.230 e. The molecule has 7 nitrogen and oxygen atoms in total. The third-order valence-corrected chi connectivity index (χ3v) is 5.54. The molecule has 2 aromatic heterocycles. The van der Waals surface area contributed by atoms with Crippen molar-refractivity contribution < 1.29 is 4.79 Å². The van der Waals surface area contributed by atoms with Gasteiger partial charge in [0, 0.05) is 18.1 Å². The van der Waals surface area contributed by atoms with Crippen LogP contribution in [-0.2, 0) is 11.3 Å². The Kier molecular flexibility index (Phi) is 6.12. The van der Waals surface area contributed by atoms with Crippen LogP contribution in [-0.4, -0.2) is 42.5 Å². The summed E-state index contributed by atoms with van der Waals surface area (Å²) in [5.74, 6) is 0.235. The van der Waals surface area contributed by atoms with Crippen molar-refractivity contribution in [2.24, 2.45) is 0 Å². The average molecular weight is 427 g/mol. The van der Waals surface area contributed by atoms with Crippen LogP contribution in [0, 0.1) is 0 Å². The van der Waals surface area contributed by atoms with Gasteiger partial charge in [-0.1, -0.05) is 41.6 Å². The number of nitrogens with zero attached hydrogens (tertiary/aromatic N) is 5. The number of aryl methyl sites for hydroxylation is 1. The summed E-state index contributed by atoms with van der Waals surface area (Å²) in [6, 6.07) is 15.4. The first-order valence-corrected chi connectivity index (χ1v) is 10.5. The van der Waals surface area contributed by atoms with Crippen molar-refractivity contribution in [1.82, 2.24) is 29.6 Å². The molecule has 0 fully saturated rings. The molecule has 0 radical (unpaired) electrons. The third kappa shape index (κ3) is 4.78. The molecule has 2 heterocycles. The molecule has 29 heavy (non-hydrogen) atoms. The zero-order valence-electron chi connectivity index (χ0n) is 15.5. The molecule has 9 heteroatoms. The number of rotatable bonds is 8. The lowest BCUT2D eigenvalue weighted by Gasteiger charge is -2.08. The van der Waals surface area contributed by atoms with Gasteiger partial charge < -0.3 is 9.88 Å². The maximum Gasteiger partial charge on any atom is 0.230 e. The standard InChI is InChI=1S/C20H19ClN6OS/c21-15-5-3-6-16(11-15)27-14-24-25-20(27)29-12-19(28)22-9-4-10-26-13-23-17-7-1-2-8-18(17)26/h1-3,5-8,11,13-14H,4,9-10,12H2,(H,22,28). The van der Waals surface area contributed by atoms with E-state index in [2.05, 4.69) is 25.1 Å². The highest BCUT2D eigenvalue weighted by Gasteiger charge is 2.10. The quantitative estimate of drug-likeness (QED) is 0.344. The van der Waals surface area contributed by atoms with Crippen molar-refractivity contribution in [3.05, 3.63) is 66.2 Å². The van der Waals surface area contributed by atoms with Crippen LogP contribution in [0.1, 0.15) is 6.42 Å². The molecule has 0 saturated heterocycles. The molecule has 0 spiro atoms. The Morgan fingerprint density at radius 3 is 2.93 bits per heavy atom. The van der Waals surface area contributed by atoms with Gasteiger partial charge in [-0.3, -0.25) is 9.36 Å². The van der Waals surface area contributed by atoms with E-state index in [1.165, 1.54) is 11.8 Å². The van der Waals surface area contributed by atoms with E-state index in [0.717, 1.165) is 29.7 Å². The monoisotopic (exact) mass is 426 g/mol. The molecule has 0 atom stereocenters. The summed E-state index contributed by atoms with van der Waals surface area (Å²) in [6.07, 6.45) is 4.28. The summed E-state index contributed by atoms with van der Waals surface area (Å²) >= 11 is 7.39. The molecule has 0 aliphatic heterocycles. The van der Waals surface area contributed by atoms with Gasteiger partial charge in [0.05, 0.1) is 28.8 Å². The van der Waals surface area contributed by atoms with Crippen molar-refractivity contribution in [3.8, 4) is 5.69 Å². The Morgan fingerprint density at radius 1 is 1.14 bits per heavy atom. The first-order valence-electron chi connectivity index (χ1n) is 9.16. The number of imidazole rings is 1. The Hall–Kier alpha value is -2.84. The number of hydrogen-bond donors (Lipinski definition) is 1. The van der Waals surface area contributed by atoms with E-state index in [4.69, 9.17) is 11.6 Å². The first-order chi connectivity index (χ1) is 14.2. The highest BCUT2D eigenvalue weighted by atomic mass is 35.5. The van der Waals surface area contributed by atoms with Crippen molar-refractivity contribution >= 4 is 40.3 Å². The van der Waals surface area contributed by atoms with Crippen LogP contribution in [0.25, 0.3) is 16.7 Å². The molecule has 1 amide bonds. The molecular weight excluding hydrogens is 408 g/mol. The van der Waals surface area contributed by atoms with E-state index in [1.807, 2.05) is 59.4 Å².